The van der Waals surface area contributed by atoms with Gasteiger partial charge in [-0.15, -0.1) is 0 Å². The average molecular weight is 306 g/mol. The van der Waals surface area contributed by atoms with E-state index in [1.165, 1.54) is 12.1 Å². The van der Waals surface area contributed by atoms with E-state index in [1.807, 2.05) is 6.92 Å². The summed E-state index contributed by atoms with van der Waals surface area (Å²) in [6, 6.07) is 5.85. The molecule has 2 aliphatic heterocycles. The number of nitrogens with zero attached hydrogens (tertiary/aromatic N) is 2. The molecule has 22 heavy (non-hydrogen) atoms. The van der Waals surface area contributed by atoms with Crippen molar-refractivity contribution in [3.8, 4) is 5.75 Å². The number of likely N-dealkylation sites (tertiary alicyclic amines) is 2. The van der Waals surface area contributed by atoms with Crippen molar-refractivity contribution < 1.29 is 18.7 Å². The lowest BCUT2D eigenvalue weighted by atomic mass is 10.0. The van der Waals surface area contributed by atoms with Crippen molar-refractivity contribution in [2.75, 3.05) is 26.2 Å². The van der Waals surface area contributed by atoms with Gasteiger partial charge in [0.2, 0.25) is 11.8 Å². The molecule has 2 amide bonds. The normalized spacial score (nSPS) is 21.9. The number of hydrogen-bond acceptors (Lipinski definition) is 3. The number of halogens is 1. The summed E-state index contributed by atoms with van der Waals surface area (Å²) in [5.41, 5.74) is 0. The third kappa shape index (κ3) is 2.91. The largest absolute Gasteiger partial charge is 0.487 e. The first-order valence-corrected chi connectivity index (χ1v) is 7.55. The SMILES string of the molecule is CCN1C[C@@H](C(=O)N2CC(Oc3ccc(F)cc3)C2)CC1=O. The van der Waals surface area contributed by atoms with E-state index < -0.39 is 0 Å². The van der Waals surface area contributed by atoms with E-state index in [-0.39, 0.29) is 29.7 Å². The van der Waals surface area contributed by atoms with Crippen LogP contribution < -0.4 is 4.74 Å². The van der Waals surface area contributed by atoms with Gasteiger partial charge in [0.1, 0.15) is 17.7 Å². The van der Waals surface area contributed by atoms with E-state index in [9.17, 15) is 14.0 Å². The van der Waals surface area contributed by atoms with Crippen molar-refractivity contribution >= 4 is 11.8 Å². The van der Waals surface area contributed by atoms with Crippen molar-refractivity contribution in [2.45, 2.75) is 19.4 Å². The minimum absolute atomic E-state index is 0.0308. The Bertz CT molecular complexity index is 569. The molecule has 2 saturated heterocycles. The molecule has 1 atom stereocenters. The highest BCUT2D eigenvalue weighted by molar-refractivity contribution is 5.89. The molecule has 0 bridgehead atoms. The molecule has 3 rings (SSSR count). The van der Waals surface area contributed by atoms with Crippen LogP contribution in [0.2, 0.25) is 0 Å². The summed E-state index contributed by atoms with van der Waals surface area (Å²) >= 11 is 0. The van der Waals surface area contributed by atoms with Gasteiger partial charge in [-0.1, -0.05) is 0 Å². The van der Waals surface area contributed by atoms with E-state index >= 15 is 0 Å². The Kier molecular flexibility index (Phi) is 4.00. The van der Waals surface area contributed by atoms with Crippen molar-refractivity contribution in [3.05, 3.63) is 30.1 Å². The Morgan fingerprint density at radius 2 is 1.95 bits per heavy atom. The Labute approximate surface area is 128 Å². The molecule has 0 N–H and O–H groups in total. The van der Waals surface area contributed by atoms with Gasteiger partial charge in [-0.3, -0.25) is 9.59 Å². The predicted molar refractivity (Wildman–Crippen MR) is 77.8 cm³/mol. The maximum absolute atomic E-state index is 12.8. The summed E-state index contributed by atoms with van der Waals surface area (Å²) in [5, 5.41) is 0. The Morgan fingerprint density at radius 1 is 1.27 bits per heavy atom. The number of hydrogen-bond donors (Lipinski definition) is 0. The Balaban J connectivity index is 1.48. The van der Waals surface area contributed by atoms with Crippen molar-refractivity contribution in [2.24, 2.45) is 5.92 Å². The van der Waals surface area contributed by atoms with Crippen LogP contribution >= 0.6 is 0 Å². The van der Waals surface area contributed by atoms with E-state index in [2.05, 4.69) is 0 Å². The van der Waals surface area contributed by atoms with E-state index in [1.54, 1.807) is 21.9 Å². The molecule has 0 aromatic heterocycles. The van der Waals surface area contributed by atoms with E-state index in [4.69, 9.17) is 4.74 Å². The molecule has 0 radical (unpaired) electrons. The molecule has 118 valence electrons. The van der Waals surface area contributed by atoms with Crippen LogP contribution in [-0.2, 0) is 9.59 Å². The number of carbonyl (C=O) groups excluding carboxylic acids is 2. The Hall–Kier alpha value is -2.11. The molecule has 0 spiro atoms. The molecule has 6 heteroatoms. The lowest BCUT2D eigenvalue weighted by Crippen LogP contribution is -2.57. The summed E-state index contributed by atoms with van der Waals surface area (Å²) < 4.78 is 18.5. The van der Waals surface area contributed by atoms with Gasteiger partial charge in [-0.25, -0.2) is 4.39 Å². The van der Waals surface area contributed by atoms with Crippen LogP contribution in [0.5, 0.6) is 5.75 Å². The van der Waals surface area contributed by atoms with Gasteiger partial charge >= 0.3 is 0 Å². The molecule has 0 saturated carbocycles. The molecule has 1 aromatic carbocycles. The van der Waals surface area contributed by atoms with Crippen LogP contribution in [0, 0.1) is 11.7 Å². The second kappa shape index (κ2) is 5.94. The molecule has 0 aliphatic carbocycles. The first kappa shape index (κ1) is 14.8. The van der Waals surface area contributed by atoms with Crippen LogP contribution in [0.25, 0.3) is 0 Å². The number of ether oxygens (including phenoxy) is 1. The first-order chi connectivity index (χ1) is 10.6. The average Bonchev–Trinajstić information content (AvgIpc) is 2.85. The van der Waals surface area contributed by atoms with Gasteiger partial charge in [-0.2, -0.15) is 0 Å². The Morgan fingerprint density at radius 3 is 2.55 bits per heavy atom. The maximum atomic E-state index is 12.8. The van der Waals surface area contributed by atoms with Crippen LogP contribution in [-0.4, -0.2) is 53.9 Å². The van der Waals surface area contributed by atoms with Gasteiger partial charge < -0.3 is 14.5 Å². The highest BCUT2D eigenvalue weighted by Gasteiger charge is 2.40. The second-order valence-electron chi connectivity index (χ2n) is 5.77. The smallest absolute Gasteiger partial charge is 0.228 e. The van der Waals surface area contributed by atoms with Crippen LogP contribution in [0.15, 0.2) is 24.3 Å². The van der Waals surface area contributed by atoms with Crippen molar-refractivity contribution in [1.82, 2.24) is 9.80 Å². The molecule has 2 aliphatic rings. The summed E-state index contributed by atoms with van der Waals surface area (Å²) in [5.74, 6) is 0.166. The van der Waals surface area contributed by atoms with Crippen LogP contribution in [0.1, 0.15) is 13.3 Å². The summed E-state index contributed by atoms with van der Waals surface area (Å²) in [6.07, 6.45) is 0.251. The van der Waals surface area contributed by atoms with Crippen molar-refractivity contribution in [1.29, 1.82) is 0 Å². The second-order valence-corrected chi connectivity index (χ2v) is 5.77. The highest BCUT2D eigenvalue weighted by atomic mass is 19.1. The zero-order valence-corrected chi connectivity index (χ0v) is 12.5. The summed E-state index contributed by atoms with van der Waals surface area (Å²) in [4.78, 5) is 27.4. The minimum Gasteiger partial charge on any atom is -0.487 e. The minimum atomic E-state index is -0.302. The van der Waals surface area contributed by atoms with Crippen LogP contribution in [0.4, 0.5) is 4.39 Å². The highest BCUT2D eigenvalue weighted by Crippen LogP contribution is 2.24. The molecule has 2 heterocycles. The fraction of sp³-hybridized carbons (Fsp3) is 0.500. The lowest BCUT2D eigenvalue weighted by molar-refractivity contribution is -0.144. The molecule has 2 fully saturated rings. The van der Waals surface area contributed by atoms with Gasteiger partial charge in [0.05, 0.1) is 19.0 Å². The lowest BCUT2D eigenvalue weighted by Gasteiger charge is -2.40. The quantitative estimate of drug-likeness (QED) is 0.842. The fourth-order valence-corrected chi connectivity index (χ4v) is 2.90. The summed E-state index contributed by atoms with van der Waals surface area (Å²) in [6.45, 7) is 4.13. The first-order valence-electron chi connectivity index (χ1n) is 7.55. The topological polar surface area (TPSA) is 49.9 Å². The van der Waals surface area contributed by atoms with Crippen molar-refractivity contribution in [3.63, 3.8) is 0 Å². The number of benzene rings is 1. The third-order valence-corrected chi connectivity index (χ3v) is 4.22. The zero-order valence-electron chi connectivity index (χ0n) is 12.5. The number of amides is 2. The van der Waals surface area contributed by atoms with Gasteiger partial charge in [0, 0.05) is 19.5 Å². The maximum Gasteiger partial charge on any atom is 0.228 e. The summed E-state index contributed by atoms with van der Waals surface area (Å²) in [7, 11) is 0. The zero-order chi connectivity index (χ0) is 15.7. The number of rotatable bonds is 4. The standard InChI is InChI=1S/C16H19FN2O3/c1-2-18-8-11(7-15(18)20)16(21)19-9-14(10-19)22-13-5-3-12(17)4-6-13/h3-6,11,14H,2,7-10H2,1H3/t11-/m0/s1. The van der Waals surface area contributed by atoms with Gasteiger partial charge in [0.15, 0.2) is 0 Å². The molecular formula is C16H19FN2O3. The number of carbonyl (C=O) groups is 2. The van der Waals surface area contributed by atoms with Gasteiger partial charge in [0.25, 0.3) is 0 Å². The molecule has 1 aromatic rings. The molecule has 0 unspecified atom stereocenters. The fourth-order valence-electron chi connectivity index (χ4n) is 2.90. The van der Waals surface area contributed by atoms with Crippen LogP contribution in [0.3, 0.4) is 0 Å². The molecule has 5 nitrogen and oxygen atoms in total. The van der Waals surface area contributed by atoms with E-state index in [0.717, 1.165) is 0 Å². The van der Waals surface area contributed by atoms with E-state index in [0.29, 0.717) is 38.3 Å². The third-order valence-electron chi connectivity index (χ3n) is 4.22. The molecular weight excluding hydrogens is 287 g/mol. The predicted octanol–water partition coefficient (Wildman–Crippen LogP) is 1.28. The van der Waals surface area contributed by atoms with Gasteiger partial charge in [-0.05, 0) is 31.2 Å². The monoisotopic (exact) mass is 306 g/mol.